The third kappa shape index (κ3) is 7.00. The number of hydrogen-bond donors (Lipinski definition) is 0. The Hall–Kier alpha value is -1.53. The van der Waals surface area contributed by atoms with Crippen LogP contribution in [0.5, 0.6) is 0 Å². The Morgan fingerprint density at radius 3 is 2.26 bits per heavy atom. The number of hydrogen-bond acceptors (Lipinski definition) is 7. The minimum Gasteiger partial charge on any atom is -0.343 e. The SMILES string of the molecule is Cl.O=C(CCc1nc(CN2CCN(S(=O)(=O)c3ccc(Br)cc3)CC2)no1)N1CCCCCC1. The smallest absolute Gasteiger partial charge is 0.243 e. The minimum atomic E-state index is -3.50. The summed E-state index contributed by atoms with van der Waals surface area (Å²) in [6.45, 7) is 4.19. The molecule has 9 nitrogen and oxygen atoms in total. The lowest BCUT2D eigenvalue weighted by atomic mass is 10.2. The van der Waals surface area contributed by atoms with Gasteiger partial charge in [0, 0.05) is 56.6 Å². The van der Waals surface area contributed by atoms with E-state index in [1.807, 2.05) is 4.90 Å². The first-order valence-corrected chi connectivity index (χ1v) is 13.7. The van der Waals surface area contributed by atoms with Crippen molar-refractivity contribution in [3.8, 4) is 0 Å². The molecule has 188 valence electrons. The maximum Gasteiger partial charge on any atom is 0.243 e. The van der Waals surface area contributed by atoms with Gasteiger partial charge in [0.2, 0.25) is 21.8 Å². The Kier molecular flexibility index (Phi) is 9.90. The van der Waals surface area contributed by atoms with Crippen LogP contribution in [-0.4, -0.2) is 77.8 Å². The number of nitrogens with zero attached hydrogens (tertiary/aromatic N) is 5. The first-order chi connectivity index (χ1) is 15.9. The Labute approximate surface area is 215 Å². The molecule has 1 aromatic carbocycles. The number of carbonyl (C=O) groups excluding carboxylic acids is 1. The number of aryl methyl sites for hydroxylation is 1. The lowest BCUT2D eigenvalue weighted by Gasteiger charge is -2.33. The molecule has 0 aliphatic carbocycles. The topological polar surface area (TPSA) is 99.9 Å². The third-order valence-corrected chi connectivity index (χ3v) is 8.61. The molecule has 0 N–H and O–H groups in total. The predicted molar refractivity (Wildman–Crippen MR) is 133 cm³/mol. The molecule has 2 aliphatic rings. The molecule has 2 saturated heterocycles. The van der Waals surface area contributed by atoms with Gasteiger partial charge < -0.3 is 9.42 Å². The summed E-state index contributed by atoms with van der Waals surface area (Å²) < 4.78 is 33.4. The second-order valence-electron chi connectivity index (χ2n) is 8.53. The summed E-state index contributed by atoms with van der Waals surface area (Å²) in [5.41, 5.74) is 0. The van der Waals surface area contributed by atoms with Gasteiger partial charge in [0.15, 0.2) is 5.82 Å². The van der Waals surface area contributed by atoms with Gasteiger partial charge >= 0.3 is 0 Å². The highest BCUT2D eigenvalue weighted by molar-refractivity contribution is 9.10. The standard InChI is InChI=1S/C22H30BrN5O4S.ClH/c23-18-5-7-19(8-6-18)33(30,31)28-15-13-26(14-16-28)17-20-24-21(32-25-20)9-10-22(29)27-11-3-1-2-4-12-27;/h5-8H,1-4,9-17H2;1H. The number of amides is 1. The fraction of sp³-hybridized carbons (Fsp3) is 0.591. The first kappa shape index (κ1) is 27.1. The molecule has 1 amide bonds. The van der Waals surface area contributed by atoms with E-state index in [1.54, 1.807) is 24.3 Å². The van der Waals surface area contributed by atoms with Gasteiger partial charge in [0.1, 0.15) is 0 Å². The fourth-order valence-electron chi connectivity index (χ4n) is 4.23. The van der Waals surface area contributed by atoms with Crippen LogP contribution in [0.3, 0.4) is 0 Å². The molecule has 3 heterocycles. The van der Waals surface area contributed by atoms with Gasteiger partial charge in [-0.3, -0.25) is 9.69 Å². The average molecular weight is 577 g/mol. The van der Waals surface area contributed by atoms with Crippen molar-refractivity contribution in [2.24, 2.45) is 0 Å². The molecule has 2 aliphatic heterocycles. The van der Waals surface area contributed by atoms with Crippen LogP contribution < -0.4 is 0 Å². The molecular formula is C22H31BrClN5O4S. The lowest BCUT2D eigenvalue weighted by molar-refractivity contribution is -0.131. The predicted octanol–water partition coefficient (Wildman–Crippen LogP) is 3.10. The maximum absolute atomic E-state index is 12.8. The summed E-state index contributed by atoms with van der Waals surface area (Å²) in [7, 11) is -3.50. The molecule has 0 bridgehead atoms. The third-order valence-electron chi connectivity index (χ3n) is 6.17. The highest BCUT2D eigenvalue weighted by atomic mass is 79.9. The molecule has 0 atom stereocenters. The molecule has 12 heteroatoms. The van der Waals surface area contributed by atoms with Gasteiger partial charge in [-0.05, 0) is 37.1 Å². The van der Waals surface area contributed by atoms with Gasteiger partial charge in [-0.15, -0.1) is 12.4 Å². The van der Waals surface area contributed by atoms with Crippen LogP contribution in [0, 0.1) is 0 Å². The van der Waals surface area contributed by atoms with E-state index in [9.17, 15) is 13.2 Å². The molecule has 0 spiro atoms. The normalized spacial score (nSPS) is 18.3. The molecule has 34 heavy (non-hydrogen) atoms. The van der Waals surface area contributed by atoms with E-state index >= 15 is 0 Å². The van der Waals surface area contributed by atoms with E-state index in [4.69, 9.17) is 4.52 Å². The van der Waals surface area contributed by atoms with Crippen LogP contribution in [-0.2, 0) is 27.8 Å². The van der Waals surface area contributed by atoms with Gasteiger partial charge in [-0.25, -0.2) is 8.42 Å². The number of likely N-dealkylation sites (tertiary alicyclic amines) is 1. The summed E-state index contributed by atoms with van der Waals surface area (Å²) in [5.74, 6) is 1.20. The largest absolute Gasteiger partial charge is 0.343 e. The Balaban J connectivity index is 0.00000324. The Bertz CT molecular complexity index is 1030. The average Bonchev–Trinajstić information content (AvgIpc) is 3.08. The first-order valence-electron chi connectivity index (χ1n) is 11.5. The van der Waals surface area contributed by atoms with Gasteiger partial charge in [0.05, 0.1) is 11.4 Å². The number of halogens is 2. The van der Waals surface area contributed by atoms with E-state index in [1.165, 1.54) is 17.1 Å². The number of benzene rings is 1. The quantitative estimate of drug-likeness (QED) is 0.499. The van der Waals surface area contributed by atoms with Crippen LogP contribution in [0.1, 0.15) is 43.8 Å². The van der Waals surface area contributed by atoms with Crippen molar-refractivity contribution >= 4 is 44.3 Å². The van der Waals surface area contributed by atoms with E-state index in [0.29, 0.717) is 62.2 Å². The number of rotatable bonds is 7. The Morgan fingerprint density at radius 2 is 1.62 bits per heavy atom. The molecule has 2 aromatic rings. The highest BCUT2D eigenvalue weighted by Crippen LogP contribution is 2.20. The van der Waals surface area contributed by atoms with Gasteiger partial charge in [0.25, 0.3) is 0 Å². The van der Waals surface area contributed by atoms with Gasteiger partial charge in [-0.2, -0.15) is 9.29 Å². The van der Waals surface area contributed by atoms with Crippen molar-refractivity contribution in [3.63, 3.8) is 0 Å². The molecule has 2 fully saturated rings. The van der Waals surface area contributed by atoms with Crippen molar-refractivity contribution in [2.75, 3.05) is 39.3 Å². The second kappa shape index (κ2) is 12.4. The van der Waals surface area contributed by atoms with Crippen molar-refractivity contribution in [1.82, 2.24) is 24.2 Å². The zero-order valence-corrected chi connectivity index (χ0v) is 22.3. The molecule has 0 saturated carbocycles. The summed E-state index contributed by atoms with van der Waals surface area (Å²) >= 11 is 3.33. The summed E-state index contributed by atoms with van der Waals surface area (Å²) in [6, 6.07) is 6.70. The van der Waals surface area contributed by atoms with E-state index in [-0.39, 0.29) is 18.3 Å². The van der Waals surface area contributed by atoms with Crippen LogP contribution in [0.2, 0.25) is 0 Å². The van der Waals surface area contributed by atoms with Crippen molar-refractivity contribution in [1.29, 1.82) is 0 Å². The number of carbonyl (C=O) groups is 1. The zero-order chi connectivity index (χ0) is 23.3. The lowest BCUT2D eigenvalue weighted by Crippen LogP contribution is -2.48. The van der Waals surface area contributed by atoms with Crippen LogP contribution in [0.25, 0.3) is 0 Å². The fourth-order valence-corrected chi connectivity index (χ4v) is 5.92. The number of sulfonamides is 1. The molecule has 4 rings (SSSR count). The van der Waals surface area contributed by atoms with Crippen LogP contribution in [0.4, 0.5) is 0 Å². The molecule has 1 aromatic heterocycles. The van der Waals surface area contributed by atoms with Crippen molar-refractivity contribution in [2.45, 2.75) is 50.0 Å². The molecule has 0 unspecified atom stereocenters. The highest BCUT2D eigenvalue weighted by Gasteiger charge is 2.29. The second-order valence-corrected chi connectivity index (χ2v) is 11.4. The Morgan fingerprint density at radius 1 is 0.971 bits per heavy atom. The summed E-state index contributed by atoms with van der Waals surface area (Å²) in [4.78, 5) is 21.3. The van der Waals surface area contributed by atoms with E-state index in [0.717, 1.165) is 30.4 Å². The van der Waals surface area contributed by atoms with Crippen molar-refractivity contribution in [3.05, 3.63) is 40.5 Å². The molecule has 0 radical (unpaired) electrons. The van der Waals surface area contributed by atoms with Gasteiger partial charge in [-0.1, -0.05) is 33.9 Å². The molecular weight excluding hydrogens is 546 g/mol. The zero-order valence-electron chi connectivity index (χ0n) is 19.1. The number of aromatic nitrogens is 2. The summed E-state index contributed by atoms with van der Waals surface area (Å²) in [5, 5.41) is 4.05. The maximum atomic E-state index is 12.8. The number of piperazine rings is 1. The summed E-state index contributed by atoms with van der Waals surface area (Å²) in [6.07, 6.45) is 5.38. The van der Waals surface area contributed by atoms with Crippen LogP contribution in [0.15, 0.2) is 38.2 Å². The van der Waals surface area contributed by atoms with Crippen LogP contribution >= 0.6 is 28.3 Å². The monoisotopic (exact) mass is 575 g/mol. The minimum absolute atomic E-state index is 0. The van der Waals surface area contributed by atoms with Crippen molar-refractivity contribution < 1.29 is 17.7 Å². The van der Waals surface area contributed by atoms with E-state index in [2.05, 4.69) is 31.0 Å². The van der Waals surface area contributed by atoms with E-state index < -0.39 is 10.0 Å².